The van der Waals surface area contributed by atoms with Crippen LogP contribution in [-0.4, -0.2) is 12.9 Å². The standard InChI is InChI=1S/C15H12BrF2NO2/c1-21-8-2-5-13(19)10(6-8)14(20)7-9-12(17)4-3-11(16)15(9)18/h2-6H,7,19H2,1H3. The highest BCUT2D eigenvalue weighted by atomic mass is 79.9. The number of nitrogens with two attached hydrogens (primary N) is 1. The van der Waals surface area contributed by atoms with Crippen LogP contribution in [0, 0.1) is 11.6 Å². The molecule has 0 fully saturated rings. The maximum absolute atomic E-state index is 13.9. The number of hydrogen-bond acceptors (Lipinski definition) is 3. The molecule has 6 heteroatoms. The second-order valence-corrected chi connectivity index (χ2v) is 5.23. The average molecular weight is 356 g/mol. The first-order chi connectivity index (χ1) is 9.93. The van der Waals surface area contributed by atoms with Crippen molar-refractivity contribution >= 4 is 27.4 Å². The topological polar surface area (TPSA) is 52.3 Å². The fourth-order valence-electron chi connectivity index (χ4n) is 1.89. The van der Waals surface area contributed by atoms with Gasteiger partial charge in [0.2, 0.25) is 0 Å². The Labute approximate surface area is 128 Å². The first-order valence-electron chi connectivity index (χ1n) is 6.03. The summed E-state index contributed by atoms with van der Waals surface area (Å²) in [5.41, 5.74) is 5.84. The van der Waals surface area contributed by atoms with Gasteiger partial charge >= 0.3 is 0 Å². The van der Waals surface area contributed by atoms with Gasteiger partial charge < -0.3 is 10.5 Å². The smallest absolute Gasteiger partial charge is 0.169 e. The molecule has 0 unspecified atom stereocenters. The lowest BCUT2D eigenvalue weighted by Gasteiger charge is -2.09. The van der Waals surface area contributed by atoms with E-state index in [0.29, 0.717) is 5.75 Å². The van der Waals surface area contributed by atoms with Gasteiger partial charge in [0.15, 0.2) is 5.78 Å². The van der Waals surface area contributed by atoms with Crippen molar-refractivity contribution in [2.24, 2.45) is 0 Å². The van der Waals surface area contributed by atoms with Crippen molar-refractivity contribution in [1.82, 2.24) is 0 Å². The summed E-state index contributed by atoms with van der Waals surface area (Å²) in [5.74, 6) is -1.60. The molecule has 0 saturated heterocycles. The number of methoxy groups -OCH3 is 1. The summed E-state index contributed by atoms with van der Waals surface area (Å²) >= 11 is 2.97. The van der Waals surface area contributed by atoms with E-state index in [1.54, 1.807) is 6.07 Å². The number of nitrogen functional groups attached to an aromatic ring is 1. The fourth-order valence-corrected chi connectivity index (χ4v) is 2.26. The number of anilines is 1. The van der Waals surface area contributed by atoms with Crippen LogP contribution in [0.25, 0.3) is 0 Å². The van der Waals surface area contributed by atoms with Crippen LogP contribution in [0.15, 0.2) is 34.8 Å². The SMILES string of the molecule is COc1ccc(N)c(C(=O)Cc2c(F)ccc(Br)c2F)c1. The molecule has 0 aliphatic rings. The summed E-state index contributed by atoms with van der Waals surface area (Å²) in [5, 5.41) is 0. The van der Waals surface area contributed by atoms with Crippen molar-refractivity contribution < 1.29 is 18.3 Å². The number of rotatable bonds is 4. The summed E-state index contributed by atoms with van der Waals surface area (Å²) < 4.78 is 32.7. The molecule has 0 heterocycles. The molecule has 0 spiro atoms. The minimum Gasteiger partial charge on any atom is -0.497 e. The highest BCUT2D eigenvalue weighted by Gasteiger charge is 2.18. The van der Waals surface area contributed by atoms with E-state index >= 15 is 0 Å². The number of ether oxygens (including phenoxy) is 1. The number of halogens is 3. The zero-order valence-corrected chi connectivity index (χ0v) is 12.7. The highest BCUT2D eigenvalue weighted by Crippen LogP contribution is 2.25. The third kappa shape index (κ3) is 3.21. The predicted molar refractivity (Wildman–Crippen MR) is 79.5 cm³/mol. The van der Waals surface area contributed by atoms with E-state index in [1.807, 2.05) is 0 Å². The molecule has 0 bridgehead atoms. The Morgan fingerprint density at radius 3 is 2.67 bits per heavy atom. The van der Waals surface area contributed by atoms with E-state index in [-0.39, 0.29) is 21.3 Å². The molecular formula is C15H12BrF2NO2. The van der Waals surface area contributed by atoms with Gasteiger partial charge in [-0.3, -0.25) is 4.79 Å². The Morgan fingerprint density at radius 2 is 2.00 bits per heavy atom. The van der Waals surface area contributed by atoms with Gasteiger partial charge in [0, 0.05) is 23.2 Å². The van der Waals surface area contributed by atoms with Crippen LogP contribution in [0.3, 0.4) is 0 Å². The van der Waals surface area contributed by atoms with Crippen molar-refractivity contribution in [3.05, 3.63) is 57.6 Å². The van der Waals surface area contributed by atoms with E-state index in [4.69, 9.17) is 10.5 Å². The molecule has 0 aliphatic carbocycles. The van der Waals surface area contributed by atoms with Gasteiger partial charge in [0.05, 0.1) is 11.6 Å². The Kier molecular flexibility index (Phi) is 4.57. The molecule has 0 radical (unpaired) electrons. The quantitative estimate of drug-likeness (QED) is 0.516. The molecule has 110 valence electrons. The van der Waals surface area contributed by atoms with Gasteiger partial charge in [-0.25, -0.2) is 8.78 Å². The van der Waals surface area contributed by atoms with Crippen molar-refractivity contribution in [1.29, 1.82) is 0 Å². The first-order valence-corrected chi connectivity index (χ1v) is 6.82. The van der Waals surface area contributed by atoms with Crippen LogP contribution >= 0.6 is 15.9 Å². The lowest BCUT2D eigenvalue weighted by Crippen LogP contribution is -2.10. The van der Waals surface area contributed by atoms with Crippen LogP contribution in [0.5, 0.6) is 5.75 Å². The Balaban J connectivity index is 2.37. The van der Waals surface area contributed by atoms with Crippen LogP contribution in [0.2, 0.25) is 0 Å². The average Bonchev–Trinajstić information content (AvgIpc) is 2.48. The van der Waals surface area contributed by atoms with Crippen molar-refractivity contribution in [3.63, 3.8) is 0 Å². The highest BCUT2D eigenvalue weighted by molar-refractivity contribution is 9.10. The first kappa shape index (κ1) is 15.4. The third-order valence-corrected chi connectivity index (χ3v) is 3.65. The van der Waals surface area contributed by atoms with E-state index < -0.39 is 23.8 Å². The number of carbonyl (C=O) groups is 1. The number of ketones is 1. The lowest BCUT2D eigenvalue weighted by atomic mass is 10.0. The Bertz CT molecular complexity index is 704. The minimum atomic E-state index is -0.787. The van der Waals surface area contributed by atoms with Crippen LogP contribution < -0.4 is 10.5 Å². The summed E-state index contributed by atoms with van der Waals surface area (Å²) in [7, 11) is 1.45. The normalized spacial score (nSPS) is 10.5. The van der Waals surface area contributed by atoms with Gasteiger partial charge in [-0.15, -0.1) is 0 Å². The zero-order valence-electron chi connectivity index (χ0n) is 11.1. The van der Waals surface area contributed by atoms with Crippen LogP contribution in [0.1, 0.15) is 15.9 Å². The molecule has 0 aromatic heterocycles. The predicted octanol–water partition coefficient (Wildman–Crippen LogP) is 3.74. The molecule has 2 aromatic rings. The minimum absolute atomic E-state index is 0.102. The zero-order chi connectivity index (χ0) is 15.6. The maximum Gasteiger partial charge on any atom is 0.169 e. The summed E-state index contributed by atoms with van der Waals surface area (Å²) in [4.78, 5) is 12.2. The van der Waals surface area contributed by atoms with Gasteiger partial charge in [-0.1, -0.05) is 0 Å². The largest absolute Gasteiger partial charge is 0.497 e. The number of carbonyl (C=O) groups excluding carboxylic acids is 1. The number of Topliss-reactive ketones (excluding diaryl/α,β-unsaturated/α-hetero) is 1. The van der Waals surface area contributed by atoms with Crippen molar-refractivity contribution in [3.8, 4) is 5.75 Å². The molecular weight excluding hydrogens is 344 g/mol. The molecule has 2 aromatic carbocycles. The number of benzene rings is 2. The summed E-state index contributed by atoms with van der Waals surface area (Å²) in [6.07, 6.45) is -0.422. The monoisotopic (exact) mass is 355 g/mol. The molecule has 0 atom stereocenters. The Morgan fingerprint density at radius 1 is 1.29 bits per heavy atom. The van der Waals surface area contributed by atoms with Crippen LogP contribution in [0.4, 0.5) is 14.5 Å². The van der Waals surface area contributed by atoms with Crippen molar-refractivity contribution in [2.45, 2.75) is 6.42 Å². The second-order valence-electron chi connectivity index (χ2n) is 4.37. The van der Waals surface area contributed by atoms with Crippen molar-refractivity contribution in [2.75, 3.05) is 12.8 Å². The van der Waals surface area contributed by atoms with E-state index in [2.05, 4.69) is 15.9 Å². The molecule has 0 amide bonds. The molecule has 0 aliphatic heterocycles. The van der Waals surface area contributed by atoms with E-state index in [9.17, 15) is 13.6 Å². The second kappa shape index (κ2) is 6.22. The van der Waals surface area contributed by atoms with Crippen LogP contribution in [-0.2, 0) is 6.42 Å². The van der Waals surface area contributed by atoms with Gasteiger partial charge in [-0.2, -0.15) is 0 Å². The molecule has 3 nitrogen and oxygen atoms in total. The van der Waals surface area contributed by atoms with Gasteiger partial charge in [0.25, 0.3) is 0 Å². The summed E-state index contributed by atoms with van der Waals surface area (Å²) in [6.45, 7) is 0. The van der Waals surface area contributed by atoms with Gasteiger partial charge in [-0.05, 0) is 46.3 Å². The summed E-state index contributed by atoms with van der Waals surface area (Å²) in [6, 6.07) is 6.92. The number of hydrogen-bond donors (Lipinski definition) is 1. The molecule has 2 N–H and O–H groups in total. The maximum atomic E-state index is 13.9. The van der Waals surface area contributed by atoms with E-state index in [1.165, 1.54) is 25.3 Å². The Hall–Kier alpha value is -1.95. The molecule has 0 saturated carbocycles. The molecule has 2 rings (SSSR count). The van der Waals surface area contributed by atoms with Gasteiger partial charge in [0.1, 0.15) is 17.4 Å². The van der Waals surface area contributed by atoms with E-state index in [0.717, 1.165) is 6.07 Å². The lowest BCUT2D eigenvalue weighted by molar-refractivity contribution is 0.0991. The molecule has 21 heavy (non-hydrogen) atoms. The fraction of sp³-hybridized carbons (Fsp3) is 0.133. The third-order valence-electron chi connectivity index (χ3n) is 3.04.